The lowest BCUT2D eigenvalue weighted by atomic mass is 10.1. The van der Waals surface area contributed by atoms with Crippen LogP contribution in [0.4, 0.5) is 0 Å². The quantitative estimate of drug-likeness (QED) is 0.437. The fraction of sp³-hybridized carbons (Fsp3) is 1.00. The Bertz CT molecular complexity index is 120. The average molecular weight is 234 g/mol. The normalized spacial score (nSPS) is 13.0. The lowest BCUT2D eigenvalue weighted by Gasteiger charge is -2.13. The van der Waals surface area contributed by atoms with Crippen molar-refractivity contribution in [2.75, 3.05) is 32.2 Å². The zero-order valence-corrected chi connectivity index (χ0v) is 11.1. The zero-order chi connectivity index (χ0) is 11.4. The van der Waals surface area contributed by atoms with Crippen molar-refractivity contribution in [1.82, 2.24) is 0 Å². The molecule has 1 atom stereocenters. The summed E-state index contributed by atoms with van der Waals surface area (Å²) in [7, 11) is 0. The van der Waals surface area contributed by atoms with Crippen LogP contribution in [0, 0.1) is 5.92 Å². The second-order valence-electron chi connectivity index (χ2n) is 3.88. The van der Waals surface area contributed by atoms with Gasteiger partial charge in [0.1, 0.15) is 0 Å². The van der Waals surface area contributed by atoms with Gasteiger partial charge in [0.15, 0.2) is 0 Å². The number of hydrogen-bond acceptors (Lipinski definition) is 3. The van der Waals surface area contributed by atoms with Crippen molar-refractivity contribution in [3.8, 4) is 0 Å². The molecule has 3 heteroatoms. The topological polar surface area (TPSA) is 18.5 Å². The number of ether oxygens (including phenoxy) is 2. The fourth-order valence-electron chi connectivity index (χ4n) is 1.35. The molecule has 0 heterocycles. The van der Waals surface area contributed by atoms with Gasteiger partial charge in [-0.2, -0.15) is 12.6 Å². The largest absolute Gasteiger partial charge is 0.379 e. The molecule has 0 aliphatic carbocycles. The van der Waals surface area contributed by atoms with E-state index in [1.165, 1.54) is 19.3 Å². The van der Waals surface area contributed by atoms with E-state index in [1.54, 1.807) is 0 Å². The number of hydrogen-bond donors (Lipinski definition) is 1. The summed E-state index contributed by atoms with van der Waals surface area (Å²) in [4.78, 5) is 0. The molecule has 0 aliphatic heterocycles. The van der Waals surface area contributed by atoms with Crippen molar-refractivity contribution in [3.05, 3.63) is 0 Å². The molecule has 0 fully saturated rings. The molecule has 0 saturated heterocycles. The molecule has 0 amide bonds. The van der Waals surface area contributed by atoms with E-state index in [0.717, 1.165) is 38.6 Å². The first kappa shape index (κ1) is 15.3. The molecule has 1 unspecified atom stereocenters. The van der Waals surface area contributed by atoms with Crippen molar-refractivity contribution in [3.63, 3.8) is 0 Å². The van der Waals surface area contributed by atoms with Crippen LogP contribution in [0.15, 0.2) is 0 Å². The van der Waals surface area contributed by atoms with Crippen LogP contribution < -0.4 is 0 Å². The minimum absolute atomic E-state index is 0.606. The molecule has 0 aliphatic rings. The van der Waals surface area contributed by atoms with Gasteiger partial charge in [-0.1, -0.05) is 26.7 Å². The van der Waals surface area contributed by atoms with Crippen LogP contribution in [0.1, 0.15) is 39.5 Å². The molecule has 15 heavy (non-hydrogen) atoms. The Kier molecular flexibility index (Phi) is 12.6. The van der Waals surface area contributed by atoms with E-state index in [0.29, 0.717) is 5.92 Å². The Balaban J connectivity index is 3.14. The van der Waals surface area contributed by atoms with E-state index in [9.17, 15) is 0 Å². The molecule has 0 saturated carbocycles. The molecule has 0 aromatic carbocycles. The first-order chi connectivity index (χ1) is 7.35. The van der Waals surface area contributed by atoms with E-state index in [1.807, 2.05) is 0 Å². The summed E-state index contributed by atoms with van der Waals surface area (Å²) in [6.07, 6.45) is 4.76. The molecule has 0 radical (unpaired) electrons. The highest BCUT2D eigenvalue weighted by Gasteiger charge is 2.04. The van der Waals surface area contributed by atoms with Gasteiger partial charge in [-0.15, -0.1) is 0 Å². The maximum Gasteiger partial charge on any atom is 0.0700 e. The Hall–Kier alpha value is 0.270. The van der Waals surface area contributed by atoms with E-state index in [-0.39, 0.29) is 0 Å². The third-order valence-electron chi connectivity index (χ3n) is 2.32. The third-order valence-corrected chi connectivity index (χ3v) is 2.84. The van der Waals surface area contributed by atoms with Gasteiger partial charge in [0.05, 0.1) is 19.8 Å². The van der Waals surface area contributed by atoms with Gasteiger partial charge >= 0.3 is 0 Å². The Morgan fingerprint density at radius 3 is 2.33 bits per heavy atom. The predicted octanol–water partition coefficient (Wildman–Crippen LogP) is 3.17. The summed E-state index contributed by atoms with van der Waals surface area (Å²) in [6.45, 7) is 7.51. The molecule has 0 bridgehead atoms. The van der Waals surface area contributed by atoms with Crippen molar-refractivity contribution >= 4 is 12.6 Å². The standard InChI is InChI=1S/C12H26O2S/c1-3-5-7-13-8-9-14-10-12(11-15)6-4-2/h12,15H,3-11H2,1-2H3. The van der Waals surface area contributed by atoms with Gasteiger partial charge in [0.2, 0.25) is 0 Å². The highest BCUT2D eigenvalue weighted by atomic mass is 32.1. The van der Waals surface area contributed by atoms with Crippen LogP contribution in [0.5, 0.6) is 0 Å². The average Bonchev–Trinajstić information content (AvgIpc) is 2.26. The lowest BCUT2D eigenvalue weighted by molar-refractivity contribution is 0.0343. The van der Waals surface area contributed by atoms with Gasteiger partial charge in [0, 0.05) is 6.61 Å². The minimum atomic E-state index is 0.606. The van der Waals surface area contributed by atoms with Gasteiger partial charge < -0.3 is 9.47 Å². The molecular weight excluding hydrogens is 208 g/mol. The van der Waals surface area contributed by atoms with Crippen molar-refractivity contribution in [2.45, 2.75) is 39.5 Å². The second-order valence-corrected chi connectivity index (χ2v) is 4.24. The number of rotatable bonds is 11. The molecule has 0 rings (SSSR count). The molecule has 0 N–H and O–H groups in total. The third kappa shape index (κ3) is 10.6. The predicted molar refractivity (Wildman–Crippen MR) is 68.8 cm³/mol. The number of unbranched alkanes of at least 4 members (excludes halogenated alkanes) is 1. The fourth-order valence-corrected chi connectivity index (χ4v) is 1.64. The first-order valence-electron chi connectivity index (χ1n) is 6.11. The second kappa shape index (κ2) is 12.3. The Morgan fingerprint density at radius 1 is 1.00 bits per heavy atom. The van der Waals surface area contributed by atoms with Crippen molar-refractivity contribution < 1.29 is 9.47 Å². The molecule has 92 valence electrons. The summed E-state index contributed by atoms with van der Waals surface area (Å²) in [5.74, 6) is 1.53. The van der Waals surface area contributed by atoms with Crippen LogP contribution in [0.25, 0.3) is 0 Å². The monoisotopic (exact) mass is 234 g/mol. The minimum Gasteiger partial charge on any atom is -0.379 e. The summed E-state index contributed by atoms with van der Waals surface area (Å²) in [5.41, 5.74) is 0. The lowest BCUT2D eigenvalue weighted by Crippen LogP contribution is -2.14. The number of thiol groups is 1. The van der Waals surface area contributed by atoms with E-state index >= 15 is 0 Å². The Morgan fingerprint density at radius 2 is 1.73 bits per heavy atom. The molecule has 2 nitrogen and oxygen atoms in total. The van der Waals surface area contributed by atoms with Crippen molar-refractivity contribution in [2.24, 2.45) is 5.92 Å². The van der Waals surface area contributed by atoms with Crippen LogP contribution in [0.2, 0.25) is 0 Å². The van der Waals surface area contributed by atoms with E-state index in [2.05, 4.69) is 26.5 Å². The highest BCUT2D eigenvalue weighted by molar-refractivity contribution is 7.80. The summed E-state index contributed by atoms with van der Waals surface area (Å²) in [5, 5.41) is 0. The molecular formula is C12H26O2S. The van der Waals surface area contributed by atoms with Gasteiger partial charge in [-0.05, 0) is 24.5 Å². The van der Waals surface area contributed by atoms with Gasteiger partial charge in [-0.3, -0.25) is 0 Å². The molecule has 0 aromatic heterocycles. The van der Waals surface area contributed by atoms with Crippen LogP contribution in [-0.2, 0) is 9.47 Å². The smallest absolute Gasteiger partial charge is 0.0700 e. The van der Waals surface area contributed by atoms with Crippen LogP contribution >= 0.6 is 12.6 Å². The first-order valence-corrected chi connectivity index (χ1v) is 6.74. The zero-order valence-electron chi connectivity index (χ0n) is 10.2. The van der Waals surface area contributed by atoms with E-state index in [4.69, 9.17) is 9.47 Å². The molecule has 0 spiro atoms. The molecule has 0 aromatic rings. The van der Waals surface area contributed by atoms with Crippen LogP contribution in [0.3, 0.4) is 0 Å². The van der Waals surface area contributed by atoms with Crippen molar-refractivity contribution in [1.29, 1.82) is 0 Å². The van der Waals surface area contributed by atoms with Gasteiger partial charge in [-0.25, -0.2) is 0 Å². The summed E-state index contributed by atoms with van der Waals surface area (Å²) >= 11 is 4.31. The van der Waals surface area contributed by atoms with Crippen LogP contribution in [-0.4, -0.2) is 32.2 Å². The maximum absolute atomic E-state index is 5.55. The maximum atomic E-state index is 5.55. The Labute approximate surface area is 100 Å². The summed E-state index contributed by atoms with van der Waals surface area (Å²) < 4.78 is 11.0. The summed E-state index contributed by atoms with van der Waals surface area (Å²) in [6, 6.07) is 0. The van der Waals surface area contributed by atoms with E-state index < -0.39 is 0 Å². The highest BCUT2D eigenvalue weighted by Crippen LogP contribution is 2.08. The SMILES string of the molecule is CCCCOCCOCC(CS)CCC. The van der Waals surface area contributed by atoms with Gasteiger partial charge in [0.25, 0.3) is 0 Å².